The number of hydrogen-bond donors (Lipinski definition) is 1. The molecule has 0 bridgehead atoms. The zero-order valence-electron chi connectivity index (χ0n) is 12.3. The van der Waals surface area contributed by atoms with Gasteiger partial charge in [-0.25, -0.2) is 0 Å². The smallest absolute Gasteiger partial charge is 0.234 e. The fourth-order valence-electron chi connectivity index (χ4n) is 2.31. The molecule has 0 aromatic heterocycles. The van der Waals surface area contributed by atoms with Crippen molar-refractivity contribution in [2.24, 2.45) is 0 Å². The lowest BCUT2D eigenvalue weighted by molar-refractivity contribution is -0.122. The van der Waals surface area contributed by atoms with E-state index < -0.39 is 0 Å². The van der Waals surface area contributed by atoms with Crippen LogP contribution in [0.2, 0.25) is 0 Å². The summed E-state index contributed by atoms with van der Waals surface area (Å²) in [4.78, 5) is 16.4. The molecular formula is C15H23N3O2. The van der Waals surface area contributed by atoms with Crippen LogP contribution in [0.1, 0.15) is 5.56 Å². The molecule has 1 heterocycles. The van der Waals surface area contributed by atoms with E-state index in [2.05, 4.69) is 22.2 Å². The van der Waals surface area contributed by atoms with E-state index in [4.69, 9.17) is 4.74 Å². The molecule has 5 heteroatoms. The van der Waals surface area contributed by atoms with Gasteiger partial charge in [-0.2, -0.15) is 0 Å². The van der Waals surface area contributed by atoms with E-state index in [0.717, 1.165) is 37.5 Å². The van der Waals surface area contributed by atoms with Crippen LogP contribution in [-0.4, -0.2) is 62.6 Å². The quantitative estimate of drug-likeness (QED) is 0.854. The molecule has 2 rings (SSSR count). The summed E-state index contributed by atoms with van der Waals surface area (Å²) in [7, 11) is 3.75. The number of carbonyl (C=O) groups excluding carboxylic acids is 1. The molecule has 20 heavy (non-hydrogen) atoms. The predicted octanol–water partition coefficient (Wildman–Crippen LogP) is 0.559. The molecule has 5 nitrogen and oxygen atoms in total. The molecule has 1 fully saturated rings. The first-order chi connectivity index (χ1) is 9.69. The van der Waals surface area contributed by atoms with Crippen LogP contribution in [0.5, 0.6) is 5.75 Å². The van der Waals surface area contributed by atoms with E-state index in [-0.39, 0.29) is 5.91 Å². The molecule has 0 radical (unpaired) electrons. The topological polar surface area (TPSA) is 44.8 Å². The number of nitrogens with zero attached hydrogens (tertiary/aromatic N) is 2. The second-order valence-corrected chi connectivity index (χ2v) is 5.17. The lowest BCUT2D eigenvalue weighted by Gasteiger charge is -2.31. The molecule has 0 spiro atoms. The number of hydrogen-bond acceptors (Lipinski definition) is 4. The molecule has 1 N–H and O–H groups in total. The molecule has 1 aromatic rings. The molecule has 0 unspecified atom stereocenters. The third-order valence-electron chi connectivity index (χ3n) is 3.63. The standard InChI is InChI=1S/C15H23N3O2/c1-17-7-9-18(10-8-17)12-15(19)16-11-13-5-3-4-6-14(13)20-2/h3-6H,7-12H2,1-2H3,(H,16,19). The summed E-state index contributed by atoms with van der Waals surface area (Å²) in [5, 5.41) is 2.96. The summed E-state index contributed by atoms with van der Waals surface area (Å²) >= 11 is 0. The molecule has 1 amide bonds. The average Bonchev–Trinajstić information content (AvgIpc) is 2.48. The number of carbonyl (C=O) groups is 1. The lowest BCUT2D eigenvalue weighted by atomic mass is 10.2. The Balaban J connectivity index is 1.77. The van der Waals surface area contributed by atoms with Crippen LogP contribution in [0, 0.1) is 0 Å². The summed E-state index contributed by atoms with van der Waals surface area (Å²) in [6.07, 6.45) is 0. The highest BCUT2D eigenvalue weighted by molar-refractivity contribution is 5.78. The summed E-state index contributed by atoms with van der Waals surface area (Å²) in [5.41, 5.74) is 1.00. The predicted molar refractivity (Wildman–Crippen MR) is 78.8 cm³/mol. The van der Waals surface area contributed by atoms with Gasteiger partial charge in [-0.15, -0.1) is 0 Å². The Kier molecular flexibility index (Phi) is 5.38. The van der Waals surface area contributed by atoms with Crippen LogP contribution in [0.25, 0.3) is 0 Å². The van der Waals surface area contributed by atoms with Crippen LogP contribution >= 0.6 is 0 Å². The number of likely N-dealkylation sites (N-methyl/N-ethyl adjacent to an activating group) is 1. The van der Waals surface area contributed by atoms with Gasteiger partial charge in [-0.1, -0.05) is 18.2 Å². The van der Waals surface area contributed by atoms with E-state index in [1.807, 2.05) is 24.3 Å². The summed E-state index contributed by atoms with van der Waals surface area (Å²) in [5.74, 6) is 0.882. The highest BCUT2D eigenvalue weighted by atomic mass is 16.5. The Morgan fingerprint density at radius 2 is 1.95 bits per heavy atom. The second kappa shape index (κ2) is 7.26. The molecule has 0 atom stereocenters. The van der Waals surface area contributed by atoms with Crippen LogP contribution < -0.4 is 10.1 Å². The number of ether oxygens (including phenoxy) is 1. The first-order valence-electron chi connectivity index (χ1n) is 6.98. The number of methoxy groups -OCH3 is 1. The molecule has 0 aliphatic carbocycles. The highest BCUT2D eigenvalue weighted by Crippen LogP contribution is 2.16. The normalized spacial score (nSPS) is 16.9. The zero-order valence-corrected chi connectivity index (χ0v) is 12.3. The highest BCUT2D eigenvalue weighted by Gasteiger charge is 2.16. The van der Waals surface area contributed by atoms with Crippen molar-refractivity contribution in [1.29, 1.82) is 0 Å². The lowest BCUT2D eigenvalue weighted by Crippen LogP contribution is -2.48. The van der Waals surface area contributed by atoms with Gasteiger partial charge >= 0.3 is 0 Å². The molecule has 1 aliphatic heterocycles. The molecular weight excluding hydrogens is 254 g/mol. The third kappa shape index (κ3) is 4.21. The van der Waals surface area contributed by atoms with Crippen molar-refractivity contribution in [2.75, 3.05) is 46.9 Å². The first-order valence-corrected chi connectivity index (χ1v) is 6.98. The summed E-state index contributed by atoms with van der Waals surface area (Å²) in [6.45, 7) is 4.95. The number of nitrogens with one attached hydrogen (secondary N) is 1. The molecule has 1 saturated heterocycles. The molecule has 1 aromatic carbocycles. The minimum absolute atomic E-state index is 0.0699. The Hall–Kier alpha value is -1.59. The van der Waals surface area contributed by atoms with Gasteiger partial charge in [0.25, 0.3) is 0 Å². The van der Waals surface area contributed by atoms with Crippen molar-refractivity contribution in [3.05, 3.63) is 29.8 Å². The summed E-state index contributed by atoms with van der Waals surface area (Å²) < 4.78 is 5.27. The second-order valence-electron chi connectivity index (χ2n) is 5.17. The number of piperazine rings is 1. The molecule has 110 valence electrons. The minimum Gasteiger partial charge on any atom is -0.496 e. The van der Waals surface area contributed by atoms with E-state index in [1.165, 1.54) is 0 Å². The van der Waals surface area contributed by atoms with Gasteiger partial charge in [0.2, 0.25) is 5.91 Å². The molecule has 1 aliphatic rings. The largest absolute Gasteiger partial charge is 0.496 e. The van der Waals surface area contributed by atoms with Crippen molar-refractivity contribution in [1.82, 2.24) is 15.1 Å². The van der Waals surface area contributed by atoms with Crippen molar-refractivity contribution in [3.63, 3.8) is 0 Å². The van der Waals surface area contributed by atoms with Crippen LogP contribution in [0.15, 0.2) is 24.3 Å². The zero-order chi connectivity index (χ0) is 14.4. The number of para-hydroxylation sites is 1. The van der Waals surface area contributed by atoms with Gasteiger partial charge < -0.3 is 15.0 Å². The van der Waals surface area contributed by atoms with Crippen LogP contribution in [0.4, 0.5) is 0 Å². The van der Waals surface area contributed by atoms with Gasteiger partial charge in [-0.3, -0.25) is 9.69 Å². The molecule has 0 saturated carbocycles. The van der Waals surface area contributed by atoms with Gasteiger partial charge in [0.05, 0.1) is 13.7 Å². The van der Waals surface area contributed by atoms with Gasteiger partial charge in [0.1, 0.15) is 5.75 Å². The van der Waals surface area contributed by atoms with E-state index in [1.54, 1.807) is 7.11 Å². The van der Waals surface area contributed by atoms with Crippen molar-refractivity contribution < 1.29 is 9.53 Å². The van der Waals surface area contributed by atoms with Gasteiger partial charge in [0.15, 0.2) is 0 Å². The number of rotatable bonds is 5. The van der Waals surface area contributed by atoms with E-state index in [0.29, 0.717) is 13.1 Å². The van der Waals surface area contributed by atoms with Crippen molar-refractivity contribution >= 4 is 5.91 Å². The maximum Gasteiger partial charge on any atom is 0.234 e. The number of benzene rings is 1. The summed E-state index contributed by atoms with van der Waals surface area (Å²) in [6, 6.07) is 7.75. The average molecular weight is 277 g/mol. The fraction of sp³-hybridized carbons (Fsp3) is 0.533. The van der Waals surface area contributed by atoms with Crippen LogP contribution in [-0.2, 0) is 11.3 Å². The van der Waals surface area contributed by atoms with Crippen LogP contribution in [0.3, 0.4) is 0 Å². The number of amides is 1. The van der Waals surface area contributed by atoms with E-state index >= 15 is 0 Å². The Labute approximate surface area is 120 Å². The minimum atomic E-state index is 0.0699. The Bertz CT molecular complexity index is 442. The SMILES string of the molecule is COc1ccccc1CNC(=O)CN1CCN(C)CC1. The third-order valence-corrected chi connectivity index (χ3v) is 3.63. The first kappa shape index (κ1) is 14.8. The monoisotopic (exact) mass is 277 g/mol. The Morgan fingerprint density at radius 3 is 2.65 bits per heavy atom. The van der Waals surface area contributed by atoms with Crippen molar-refractivity contribution in [2.45, 2.75) is 6.54 Å². The van der Waals surface area contributed by atoms with Gasteiger partial charge in [-0.05, 0) is 13.1 Å². The fourth-order valence-corrected chi connectivity index (χ4v) is 2.31. The maximum absolute atomic E-state index is 12.0. The van der Waals surface area contributed by atoms with Crippen molar-refractivity contribution in [3.8, 4) is 5.75 Å². The maximum atomic E-state index is 12.0. The van der Waals surface area contributed by atoms with Gasteiger partial charge in [0, 0.05) is 38.3 Å². The van der Waals surface area contributed by atoms with E-state index in [9.17, 15) is 4.79 Å². The Morgan fingerprint density at radius 1 is 1.25 bits per heavy atom.